The summed E-state index contributed by atoms with van der Waals surface area (Å²) >= 11 is 0. The van der Waals surface area contributed by atoms with E-state index in [2.05, 4.69) is 15.6 Å². The number of carbonyl (C=O) groups is 1. The summed E-state index contributed by atoms with van der Waals surface area (Å²) in [5.74, 6) is 0.647. The highest BCUT2D eigenvalue weighted by atomic mass is 16.5. The Hall–Kier alpha value is -2.60. The number of rotatable bonds is 9. The summed E-state index contributed by atoms with van der Waals surface area (Å²) in [5.41, 5.74) is 1.59. The van der Waals surface area contributed by atoms with Crippen LogP contribution in [0, 0.1) is 0 Å². The Kier molecular flexibility index (Phi) is 7.56. The molecule has 6 heteroatoms. The molecular formula is C18H23N3O3. The van der Waals surface area contributed by atoms with Gasteiger partial charge in [-0.3, -0.25) is 4.98 Å². The summed E-state index contributed by atoms with van der Waals surface area (Å²) in [6.07, 6.45) is 3.22. The number of nitrogens with one attached hydrogen (secondary N) is 2. The molecular weight excluding hydrogens is 306 g/mol. The summed E-state index contributed by atoms with van der Waals surface area (Å²) < 4.78 is 10.7. The van der Waals surface area contributed by atoms with Crippen LogP contribution in [0.3, 0.4) is 0 Å². The van der Waals surface area contributed by atoms with Crippen molar-refractivity contribution in [3.05, 3.63) is 54.4 Å². The van der Waals surface area contributed by atoms with E-state index in [9.17, 15) is 4.79 Å². The van der Waals surface area contributed by atoms with Crippen molar-refractivity contribution in [2.24, 2.45) is 0 Å². The number of carbonyl (C=O) groups excluding carboxylic acids is 1. The smallest absolute Gasteiger partial charge is 0.319 e. The molecule has 6 nitrogen and oxygen atoms in total. The van der Waals surface area contributed by atoms with Crippen molar-refractivity contribution in [1.82, 2.24) is 10.3 Å². The number of ether oxygens (including phenoxy) is 2. The van der Waals surface area contributed by atoms with E-state index >= 15 is 0 Å². The van der Waals surface area contributed by atoms with Crippen molar-refractivity contribution in [3.8, 4) is 5.75 Å². The summed E-state index contributed by atoms with van der Waals surface area (Å²) in [7, 11) is 1.66. The minimum absolute atomic E-state index is 0.265. The summed E-state index contributed by atoms with van der Waals surface area (Å²) in [4.78, 5) is 16.2. The number of pyridine rings is 1. The van der Waals surface area contributed by atoms with Crippen LogP contribution in [-0.2, 0) is 11.2 Å². The second-order valence-electron chi connectivity index (χ2n) is 5.14. The van der Waals surface area contributed by atoms with Gasteiger partial charge < -0.3 is 20.1 Å². The minimum Gasteiger partial charge on any atom is -0.491 e. The van der Waals surface area contributed by atoms with Crippen molar-refractivity contribution >= 4 is 11.7 Å². The molecule has 24 heavy (non-hydrogen) atoms. The third kappa shape index (κ3) is 6.26. The average molecular weight is 329 g/mol. The van der Waals surface area contributed by atoms with Gasteiger partial charge in [0.2, 0.25) is 0 Å². The molecule has 1 aromatic heterocycles. The number of hydrogen-bond acceptors (Lipinski definition) is 4. The molecule has 0 atom stereocenters. The Morgan fingerprint density at radius 1 is 1.12 bits per heavy atom. The third-order valence-corrected chi connectivity index (χ3v) is 3.28. The van der Waals surface area contributed by atoms with Gasteiger partial charge in [0, 0.05) is 45.0 Å². The number of anilines is 1. The molecule has 128 valence electrons. The molecule has 2 N–H and O–H groups in total. The van der Waals surface area contributed by atoms with Crippen LogP contribution < -0.4 is 15.4 Å². The maximum atomic E-state index is 12.0. The SMILES string of the molecule is COCCCOc1ccccc1NC(=O)NCCc1ccccn1. The number of benzene rings is 1. The number of nitrogens with zero attached hydrogens (tertiary/aromatic N) is 1. The first kappa shape index (κ1) is 17.7. The first-order valence-corrected chi connectivity index (χ1v) is 7.95. The lowest BCUT2D eigenvalue weighted by atomic mass is 10.3. The Balaban J connectivity index is 1.78. The van der Waals surface area contributed by atoms with E-state index < -0.39 is 0 Å². The van der Waals surface area contributed by atoms with Crippen LogP contribution in [0.5, 0.6) is 5.75 Å². The quantitative estimate of drug-likeness (QED) is 0.694. The van der Waals surface area contributed by atoms with Gasteiger partial charge in [-0.1, -0.05) is 18.2 Å². The van der Waals surface area contributed by atoms with Crippen molar-refractivity contribution in [2.45, 2.75) is 12.8 Å². The molecule has 0 aliphatic rings. The maximum Gasteiger partial charge on any atom is 0.319 e. The Bertz CT molecular complexity index is 620. The Morgan fingerprint density at radius 3 is 2.75 bits per heavy atom. The third-order valence-electron chi connectivity index (χ3n) is 3.28. The summed E-state index contributed by atoms with van der Waals surface area (Å²) in [5, 5.41) is 5.63. The van der Waals surface area contributed by atoms with E-state index in [1.807, 2.05) is 42.5 Å². The maximum absolute atomic E-state index is 12.0. The van der Waals surface area contributed by atoms with E-state index in [1.54, 1.807) is 13.3 Å². The molecule has 0 aliphatic carbocycles. The number of methoxy groups -OCH3 is 1. The highest BCUT2D eigenvalue weighted by Gasteiger charge is 2.07. The standard InChI is InChI=1S/C18H23N3O3/c1-23-13-6-14-24-17-9-3-2-8-16(17)21-18(22)20-12-10-15-7-4-5-11-19-15/h2-5,7-9,11H,6,10,12-14H2,1H3,(H2,20,21,22). The first-order valence-electron chi connectivity index (χ1n) is 7.95. The Labute approximate surface area is 142 Å². The van der Waals surface area contributed by atoms with Gasteiger partial charge in [0.05, 0.1) is 12.3 Å². The lowest BCUT2D eigenvalue weighted by Gasteiger charge is -2.13. The van der Waals surface area contributed by atoms with Gasteiger partial charge in [-0.05, 0) is 24.3 Å². The molecule has 2 amide bonds. The second kappa shape index (κ2) is 10.2. The van der Waals surface area contributed by atoms with Gasteiger partial charge in [-0.25, -0.2) is 4.79 Å². The predicted molar refractivity (Wildman–Crippen MR) is 93.4 cm³/mol. The van der Waals surface area contributed by atoms with E-state index in [1.165, 1.54) is 0 Å². The topological polar surface area (TPSA) is 72.5 Å². The van der Waals surface area contributed by atoms with Gasteiger partial charge in [-0.15, -0.1) is 0 Å². The highest BCUT2D eigenvalue weighted by Crippen LogP contribution is 2.23. The van der Waals surface area contributed by atoms with Gasteiger partial charge >= 0.3 is 6.03 Å². The zero-order chi connectivity index (χ0) is 17.0. The molecule has 0 radical (unpaired) electrons. The molecule has 0 saturated carbocycles. The lowest BCUT2D eigenvalue weighted by molar-refractivity contribution is 0.172. The first-order chi connectivity index (χ1) is 11.8. The monoisotopic (exact) mass is 329 g/mol. The van der Waals surface area contributed by atoms with Crippen LogP contribution in [0.4, 0.5) is 10.5 Å². The largest absolute Gasteiger partial charge is 0.491 e. The Morgan fingerprint density at radius 2 is 1.96 bits per heavy atom. The highest BCUT2D eigenvalue weighted by molar-refractivity contribution is 5.90. The fraction of sp³-hybridized carbons (Fsp3) is 0.333. The zero-order valence-corrected chi connectivity index (χ0v) is 13.8. The molecule has 0 fully saturated rings. The van der Waals surface area contributed by atoms with Crippen LogP contribution in [0.25, 0.3) is 0 Å². The molecule has 2 aromatic rings. The fourth-order valence-electron chi connectivity index (χ4n) is 2.10. The van der Waals surface area contributed by atoms with Crippen LogP contribution in [0.15, 0.2) is 48.7 Å². The van der Waals surface area contributed by atoms with Gasteiger partial charge in [0.15, 0.2) is 0 Å². The van der Waals surface area contributed by atoms with Crippen LogP contribution in [0.2, 0.25) is 0 Å². The van der Waals surface area contributed by atoms with E-state index in [-0.39, 0.29) is 6.03 Å². The molecule has 0 unspecified atom stereocenters. The van der Waals surface area contributed by atoms with E-state index in [0.29, 0.717) is 37.6 Å². The molecule has 0 aliphatic heterocycles. The summed E-state index contributed by atoms with van der Waals surface area (Å²) in [6.45, 7) is 1.69. The minimum atomic E-state index is -0.265. The number of aromatic nitrogens is 1. The molecule has 2 rings (SSSR count). The van der Waals surface area contributed by atoms with Crippen molar-refractivity contribution in [1.29, 1.82) is 0 Å². The zero-order valence-electron chi connectivity index (χ0n) is 13.8. The lowest BCUT2D eigenvalue weighted by Crippen LogP contribution is -2.30. The number of urea groups is 1. The van der Waals surface area contributed by atoms with Crippen molar-refractivity contribution in [2.75, 3.05) is 32.2 Å². The van der Waals surface area contributed by atoms with E-state index in [0.717, 1.165) is 12.1 Å². The molecule has 1 aromatic carbocycles. The van der Waals surface area contributed by atoms with Gasteiger partial charge in [0.25, 0.3) is 0 Å². The number of para-hydroxylation sites is 2. The van der Waals surface area contributed by atoms with Crippen molar-refractivity contribution in [3.63, 3.8) is 0 Å². The molecule has 0 saturated heterocycles. The van der Waals surface area contributed by atoms with Gasteiger partial charge in [0.1, 0.15) is 5.75 Å². The number of amides is 2. The molecule has 0 bridgehead atoms. The summed E-state index contributed by atoms with van der Waals surface area (Å²) in [6, 6.07) is 12.8. The predicted octanol–water partition coefficient (Wildman–Crippen LogP) is 2.86. The van der Waals surface area contributed by atoms with Crippen LogP contribution >= 0.6 is 0 Å². The normalized spacial score (nSPS) is 10.2. The molecule has 1 heterocycles. The number of hydrogen-bond donors (Lipinski definition) is 2. The fourth-order valence-corrected chi connectivity index (χ4v) is 2.10. The van der Waals surface area contributed by atoms with Crippen LogP contribution in [-0.4, -0.2) is 37.9 Å². The van der Waals surface area contributed by atoms with Crippen LogP contribution in [0.1, 0.15) is 12.1 Å². The molecule has 0 spiro atoms. The average Bonchev–Trinajstić information content (AvgIpc) is 2.61. The van der Waals surface area contributed by atoms with E-state index in [4.69, 9.17) is 9.47 Å². The van der Waals surface area contributed by atoms with Crippen molar-refractivity contribution < 1.29 is 14.3 Å². The second-order valence-corrected chi connectivity index (χ2v) is 5.14. The van der Waals surface area contributed by atoms with Gasteiger partial charge in [-0.2, -0.15) is 0 Å².